The normalized spacial score (nSPS) is 12.2. The Morgan fingerprint density at radius 3 is 2.85 bits per heavy atom. The van der Waals surface area contributed by atoms with E-state index in [2.05, 4.69) is 54.5 Å². The third-order valence-electron chi connectivity index (χ3n) is 3.22. The summed E-state index contributed by atoms with van der Waals surface area (Å²) in [4.78, 5) is 11.4. The lowest BCUT2D eigenvalue weighted by Crippen LogP contribution is -2.21. The molecular weight excluding hydrogens is 274 g/mol. The summed E-state index contributed by atoms with van der Waals surface area (Å²) in [5.41, 5.74) is 4.00. The maximum absolute atomic E-state index is 11.4. The minimum absolute atomic E-state index is 0.146. The van der Waals surface area contributed by atoms with Gasteiger partial charge in [-0.3, -0.25) is 4.79 Å². The highest BCUT2D eigenvalue weighted by Crippen LogP contribution is 2.18. The van der Waals surface area contributed by atoms with E-state index in [9.17, 15) is 4.79 Å². The molecule has 106 valence electrons. The van der Waals surface area contributed by atoms with Crippen LogP contribution in [0.15, 0.2) is 29.2 Å². The van der Waals surface area contributed by atoms with Crippen molar-refractivity contribution in [3.63, 3.8) is 0 Å². The van der Waals surface area contributed by atoms with E-state index in [1.54, 1.807) is 0 Å². The second-order valence-electron chi connectivity index (χ2n) is 5.11. The molecule has 1 unspecified atom stereocenters. The standard InChI is InChI=1S/C15H18ClN3O/c1-9-4-5-12(10(2)6-9)7-11(3)18-13-8-17-19-15(20)14(13)16/h4-6,8,11H,7H2,1-3H3,(H2,18,19,20). The molecular formula is C15H18ClN3O. The van der Waals surface area contributed by atoms with Crippen LogP contribution in [0.4, 0.5) is 5.69 Å². The molecule has 2 aromatic rings. The molecule has 2 rings (SSSR count). The van der Waals surface area contributed by atoms with Crippen LogP contribution in [0, 0.1) is 13.8 Å². The maximum Gasteiger partial charge on any atom is 0.285 e. The zero-order valence-electron chi connectivity index (χ0n) is 11.8. The Bertz CT molecular complexity index is 666. The molecule has 1 atom stereocenters. The highest BCUT2D eigenvalue weighted by Gasteiger charge is 2.10. The van der Waals surface area contributed by atoms with Gasteiger partial charge in [-0.05, 0) is 38.3 Å². The number of nitrogens with zero attached hydrogens (tertiary/aromatic N) is 1. The minimum atomic E-state index is -0.379. The van der Waals surface area contributed by atoms with Crippen LogP contribution in [0.25, 0.3) is 0 Å². The van der Waals surface area contributed by atoms with E-state index >= 15 is 0 Å². The first-order chi connectivity index (χ1) is 9.47. The van der Waals surface area contributed by atoms with Crippen LogP contribution in [0.5, 0.6) is 0 Å². The van der Waals surface area contributed by atoms with Crippen LogP contribution in [0.3, 0.4) is 0 Å². The van der Waals surface area contributed by atoms with Crippen molar-refractivity contribution in [1.82, 2.24) is 10.2 Å². The van der Waals surface area contributed by atoms with Crippen LogP contribution < -0.4 is 10.9 Å². The van der Waals surface area contributed by atoms with E-state index in [4.69, 9.17) is 11.6 Å². The molecule has 0 bridgehead atoms. The van der Waals surface area contributed by atoms with Crippen molar-refractivity contribution in [2.75, 3.05) is 5.32 Å². The number of halogens is 1. The van der Waals surface area contributed by atoms with Gasteiger partial charge in [0, 0.05) is 6.04 Å². The van der Waals surface area contributed by atoms with Gasteiger partial charge in [0.25, 0.3) is 5.56 Å². The molecule has 20 heavy (non-hydrogen) atoms. The summed E-state index contributed by atoms with van der Waals surface area (Å²) in [5.74, 6) is 0. The Labute approximate surface area is 123 Å². The number of aromatic amines is 1. The first-order valence-corrected chi connectivity index (χ1v) is 6.91. The SMILES string of the molecule is Cc1ccc(CC(C)Nc2cn[nH]c(=O)c2Cl)c(C)c1. The van der Waals surface area contributed by atoms with Gasteiger partial charge in [0.05, 0.1) is 11.9 Å². The Morgan fingerprint density at radius 2 is 2.15 bits per heavy atom. The van der Waals surface area contributed by atoms with Gasteiger partial charge < -0.3 is 5.32 Å². The van der Waals surface area contributed by atoms with Gasteiger partial charge in [0.2, 0.25) is 0 Å². The third kappa shape index (κ3) is 3.39. The monoisotopic (exact) mass is 291 g/mol. The van der Waals surface area contributed by atoms with Gasteiger partial charge >= 0.3 is 0 Å². The van der Waals surface area contributed by atoms with Crippen molar-refractivity contribution in [2.45, 2.75) is 33.2 Å². The molecule has 0 saturated carbocycles. The molecule has 0 aliphatic carbocycles. The Balaban J connectivity index is 2.11. The van der Waals surface area contributed by atoms with Gasteiger partial charge in [-0.2, -0.15) is 5.10 Å². The van der Waals surface area contributed by atoms with Crippen LogP contribution in [-0.2, 0) is 6.42 Å². The van der Waals surface area contributed by atoms with Crippen molar-refractivity contribution < 1.29 is 0 Å². The van der Waals surface area contributed by atoms with Gasteiger partial charge in [0.1, 0.15) is 5.02 Å². The van der Waals surface area contributed by atoms with Crippen LogP contribution in [0.1, 0.15) is 23.6 Å². The molecule has 1 aromatic carbocycles. The zero-order chi connectivity index (χ0) is 14.7. The molecule has 4 nitrogen and oxygen atoms in total. The Morgan fingerprint density at radius 1 is 1.40 bits per heavy atom. The largest absolute Gasteiger partial charge is 0.380 e. The number of nitrogens with one attached hydrogen (secondary N) is 2. The number of hydrogen-bond donors (Lipinski definition) is 2. The lowest BCUT2D eigenvalue weighted by molar-refractivity contribution is 0.782. The fourth-order valence-electron chi connectivity index (χ4n) is 2.21. The van der Waals surface area contributed by atoms with E-state index < -0.39 is 0 Å². The lowest BCUT2D eigenvalue weighted by Gasteiger charge is -2.17. The van der Waals surface area contributed by atoms with Crippen molar-refractivity contribution >= 4 is 17.3 Å². The quantitative estimate of drug-likeness (QED) is 0.910. The predicted molar refractivity (Wildman–Crippen MR) is 82.6 cm³/mol. The number of benzene rings is 1. The molecule has 0 radical (unpaired) electrons. The Kier molecular flexibility index (Phi) is 4.45. The molecule has 0 aliphatic rings. The lowest BCUT2D eigenvalue weighted by atomic mass is 10.00. The second kappa shape index (κ2) is 6.09. The fourth-order valence-corrected chi connectivity index (χ4v) is 2.35. The summed E-state index contributed by atoms with van der Waals surface area (Å²) >= 11 is 5.95. The van der Waals surface area contributed by atoms with E-state index in [1.165, 1.54) is 22.9 Å². The second-order valence-corrected chi connectivity index (χ2v) is 5.48. The first-order valence-electron chi connectivity index (χ1n) is 6.53. The summed E-state index contributed by atoms with van der Waals surface area (Å²) in [6, 6.07) is 6.57. The summed E-state index contributed by atoms with van der Waals surface area (Å²) in [6.45, 7) is 6.24. The minimum Gasteiger partial charge on any atom is -0.380 e. The highest BCUT2D eigenvalue weighted by molar-refractivity contribution is 6.32. The Hall–Kier alpha value is -1.81. The highest BCUT2D eigenvalue weighted by atomic mass is 35.5. The van der Waals surface area contributed by atoms with Crippen LogP contribution >= 0.6 is 11.6 Å². The maximum atomic E-state index is 11.4. The molecule has 2 N–H and O–H groups in total. The molecule has 1 heterocycles. The summed E-state index contributed by atoms with van der Waals surface area (Å²) in [6.07, 6.45) is 2.39. The molecule has 0 fully saturated rings. The van der Waals surface area contributed by atoms with Crippen LogP contribution in [-0.4, -0.2) is 16.2 Å². The topological polar surface area (TPSA) is 57.8 Å². The van der Waals surface area contributed by atoms with Gasteiger partial charge in [0.15, 0.2) is 0 Å². The zero-order valence-corrected chi connectivity index (χ0v) is 12.6. The molecule has 0 aliphatic heterocycles. The molecule has 1 aromatic heterocycles. The molecule has 0 amide bonds. The number of aromatic nitrogens is 2. The summed E-state index contributed by atoms with van der Waals surface area (Å²) in [7, 11) is 0. The van der Waals surface area contributed by atoms with E-state index in [0.717, 1.165) is 6.42 Å². The first kappa shape index (κ1) is 14.6. The van der Waals surface area contributed by atoms with Crippen molar-refractivity contribution in [1.29, 1.82) is 0 Å². The van der Waals surface area contributed by atoms with Gasteiger partial charge in [-0.1, -0.05) is 35.4 Å². The summed E-state index contributed by atoms with van der Waals surface area (Å²) < 4.78 is 0. The predicted octanol–water partition coefficient (Wildman–Crippen LogP) is 3.08. The average molecular weight is 292 g/mol. The average Bonchev–Trinajstić information content (AvgIpc) is 2.38. The third-order valence-corrected chi connectivity index (χ3v) is 3.60. The summed E-state index contributed by atoms with van der Waals surface area (Å²) in [5, 5.41) is 9.42. The number of anilines is 1. The van der Waals surface area contributed by atoms with E-state index in [-0.39, 0.29) is 16.6 Å². The van der Waals surface area contributed by atoms with Crippen molar-refractivity contribution in [3.8, 4) is 0 Å². The number of hydrogen-bond acceptors (Lipinski definition) is 3. The smallest absolute Gasteiger partial charge is 0.285 e. The fraction of sp³-hybridized carbons (Fsp3) is 0.333. The van der Waals surface area contributed by atoms with E-state index in [0.29, 0.717) is 5.69 Å². The van der Waals surface area contributed by atoms with Gasteiger partial charge in [-0.25, -0.2) is 5.10 Å². The van der Waals surface area contributed by atoms with Gasteiger partial charge in [-0.15, -0.1) is 0 Å². The number of rotatable bonds is 4. The van der Waals surface area contributed by atoms with Crippen molar-refractivity contribution in [2.24, 2.45) is 0 Å². The van der Waals surface area contributed by atoms with Crippen molar-refractivity contribution in [3.05, 3.63) is 56.5 Å². The number of aryl methyl sites for hydroxylation is 2. The van der Waals surface area contributed by atoms with E-state index in [1.807, 2.05) is 0 Å². The molecule has 0 spiro atoms. The number of H-pyrrole nitrogens is 1. The molecule has 5 heteroatoms. The van der Waals surface area contributed by atoms with Crippen LogP contribution in [0.2, 0.25) is 5.02 Å². The molecule has 0 saturated heterocycles.